The van der Waals surface area contributed by atoms with Crippen LogP contribution in [0.3, 0.4) is 0 Å². The molecule has 1 amide bonds. The van der Waals surface area contributed by atoms with Crippen LogP contribution in [0, 0.1) is 0 Å². The highest BCUT2D eigenvalue weighted by molar-refractivity contribution is 7.16. The van der Waals surface area contributed by atoms with Crippen molar-refractivity contribution in [3.63, 3.8) is 0 Å². The average Bonchev–Trinajstić information content (AvgIpc) is 3.29. The minimum atomic E-state index is -0.0224. The first-order chi connectivity index (χ1) is 12.6. The zero-order valence-electron chi connectivity index (χ0n) is 14.9. The van der Waals surface area contributed by atoms with Gasteiger partial charge in [-0.15, -0.1) is 22.7 Å². The molecule has 0 bridgehead atoms. The summed E-state index contributed by atoms with van der Waals surface area (Å²) in [5.74, 6) is 1.43. The zero-order chi connectivity index (χ0) is 18.5. The van der Waals surface area contributed by atoms with Gasteiger partial charge in [0.1, 0.15) is 0 Å². The second-order valence-electron chi connectivity index (χ2n) is 5.67. The Bertz CT molecular complexity index is 902. The number of methoxy groups -OCH3 is 2. The van der Waals surface area contributed by atoms with E-state index >= 15 is 0 Å². The maximum Gasteiger partial charge on any atom is 0.217 e. The maximum absolute atomic E-state index is 11.0. The molecule has 0 atom stereocenters. The Kier molecular flexibility index (Phi) is 5.90. The van der Waals surface area contributed by atoms with Crippen molar-refractivity contribution in [2.24, 2.45) is 0 Å². The van der Waals surface area contributed by atoms with E-state index in [2.05, 4.69) is 16.8 Å². The molecule has 26 heavy (non-hydrogen) atoms. The molecule has 0 spiro atoms. The predicted molar refractivity (Wildman–Crippen MR) is 105 cm³/mol. The van der Waals surface area contributed by atoms with E-state index in [9.17, 15) is 4.79 Å². The minimum Gasteiger partial charge on any atom is -0.493 e. The molecule has 136 valence electrons. The van der Waals surface area contributed by atoms with Gasteiger partial charge in [-0.3, -0.25) is 4.79 Å². The topological polar surface area (TPSA) is 60.5 Å². The SMILES string of the molecule is COc1ccc(Cc2nc(-c3ccc(CNC(C)=O)s3)cs2)cc1OC. The summed E-state index contributed by atoms with van der Waals surface area (Å²) in [6, 6.07) is 10.0. The van der Waals surface area contributed by atoms with Crippen molar-refractivity contribution in [3.05, 3.63) is 51.2 Å². The Morgan fingerprint density at radius 2 is 1.96 bits per heavy atom. The number of carbonyl (C=O) groups is 1. The molecule has 2 heterocycles. The third kappa shape index (κ3) is 4.42. The number of carbonyl (C=O) groups excluding carboxylic acids is 1. The predicted octanol–water partition coefficient (Wildman–Crippen LogP) is 4.12. The molecule has 0 saturated carbocycles. The number of hydrogen-bond donors (Lipinski definition) is 1. The van der Waals surface area contributed by atoms with Gasteiger partial charge < -0.3 is 14.8 Å². The lowest BCUT2D eigenvalue weighted by Gasteiger charge is -2.08. The van der Waals surface area contributed by atoms with Crippen LogP contribution in [0.4, 0.5) is 0 Å². The Hall–Kier alpha value is -2.38. The Labute approximate surface area is 160 Å². The highest BCUT2D eigenvalue weighted by Crippen LogP contribution is 2.31. The number of aromatic nitrogens is 1. The molecule has 2 aromatic heterocycles. The molecule has 0 unspecified atom stereocenters. The molecule has 1 N–H and O–H groups in total. The van der Waals surface area contributed by atoms with Crippen LogP contribution < -0.4 is 14.8 Å². The number of amides is 1. The summed E-state index contributed by atoms with van der Waals surface area (Å²) < 4.78 is 10.6. The first-order valence-electron chi connectivity index (χ1n) is 8.08. The normalized spacial score (nSPS) is 10.6. The fourth-order valence-electron chi connectivity index (χ4n) is 2.49. The molecular formula is C19H20N2O3S2. The van der Waals surface area contributed by atoms with Crippen molar-refractivity contribution in [2.45, 2.75) is 19.9 Å². The molecule has 0 aliphatic rings. The van der Waals surface area contributed by atoms with Gasteiger partial charge in [-0.1, -0.05) is 6.07 Å². The molecule has 0 saturated heterocycles. The van der Waals surface area contributed by atoms with E-state index in [1.165, 1.54) is 6.92 Å². The lowest BCUT2D eigenvalue weighted by molar-refractivity contribution is -0.119. The third-order valence-corrected chi connectivity index (χ3v) is 5.74. The van der Waals surface area contributed by atoms with E-state index in [1.54, 1.807) is 36.9 Å². The number of rotatable bonds is 7. The van der Waals surface area contributed by atoms with Crippen molar-refractivity contribution in [1.29, 1.82) is 0 Å². The number of thiophene rings is 1. The molecule has 5 nitrogen and oxygen atoms in total. The summed E-state index contributed by atoms with van der Waals surface area (Å²) in [5.41, 5.74) is 2.10. The average molecular weight is 389 g/mol. The first kappa shape index (κ1) is 18.4. The van der Waals surface area contributed by atoms with Gasteiger partial charge in [-0.2, -0.15) is 0 Å². The van der Waals surface area contributed by atoms with Gasteiger partial charge in [-0.25, -0.2) is 4.98 Å². The van der Waals surface area contributed by atoms with Crippen molar-refractivity contribution >= 4 is 28.6 Å². The van der Waals surface area contributed by atoms with E-state index in [-0.39, 0.29) is 5.91 Å². The van der Waals surface area contributed by atoms with Gasteiger partial charge in [-0.05, 0) is 29.8 Å². The summed E-state index contributed by atoms with van der Waals surface area (Å²) in [6.45, 7) is 2.08. The quantitative estimate of drug-likeness (QED) is 0.661. The van der Waals surface area contributed by atoms with Crippen molar-refractivity contribution < 1.29 is 14.3 Å². The monoisotopic (exact) mass is 388 g/mol. The van der Waals surface area contributed by atoms with Gasteiger partial charge in [0.2, 0.25) is 5.91 Å². The van der Waals surface area contributed by atoms with Gasteiger partial charge in [0.25, 0.3) is 0 Å². The molecule has 7 heteroatoms. The lowest BCUT2D eigenvalue weighted by atomic mass is 10.1. The van der Waals surface area contributed by atoms with E-state index in [0.717, 1.165) is 43.9 Å². The van der Waals surface area contributed by atoms with Crippen molar-refractivity contribution in [3.8, 4) is 22.1 Å². The Morgan fingerprint density at radius 1 is 1.15 bits per heavy atom. The summed E-state index contributed by atoms with van der Waals surface area (Å²) >= 11 is 3.30. The van der Waals surface area contributed by atoms with Crippen LogP contribution in [0.1, 0.15) is 22.4 Å². The minimum absolute atomic E-state index is 0.0224. The first-order valence-corrected chi connectivity index (χ1v) is 9.77. The number of benzene rings is 1. The second-order valence-corrected chi connectivity index (χ2v) is 7.78. The number of ether oxygens (including phenoxy) is 2. The molecule has 0 fully saturated rings. The van der Waals surface area contributed by atoms with Crippen LogP contribution in [-0.2, 0) is 17.8 Å². The second kappa shape index (κ2) is 8.33. The fraction of sp³-hybridized carbons (Fsp3) is 0.263. The molecule has 0 radical (unpaired) electrons. The van der Waals surface area contributed by atoms with Crippen LogP contribution in [-0.4, -0.2) is 25.1 Å². The van der Waals surface area contributed by atoms with Gasteiger partial charge >= 0.3 is 0 Å². The van der Waals surface area contributed by atoms with Crippen LogP contribution >= 0.6 is 22.7 Å². The Morgan fingerprint density at radius 3 is 2.69 bits per heavy atom. The summed E-state index contributed by atoms with van der Waals surface area (Å²) in [6.07, 6.45) is 0.745. The highest BCUT2D eigenvalue weighted by Gasteiger charge is 2.10. The molecule has 1 aromatic carbocycles. The smallest absolute Gasteiger partial charge is 0.217 e. The number of hydrogen-bond acceptors (Lipinski definition) is 6. The number of thiazole rings is 1. The summed E-state index contributed by atoms with van der Waals surface area (Å²) in [4.78, 5) is 18.0. The van der Waals surface area contributed by atoms with Crippen molar-refractivity contribution in [1.82, 2.24) is 10.3 Å². The van der Waals surface area contributed by atoms with Gasteiger partial charge in [0.15, 0.2) is 11.5 Å². The Balaban J connectivity index is 1.71. The molecule has 0 aliphatic carbocycles. The third-order valence-electron chi connectivity index (χ3n) is 3.78. The van der Waals surface area contributed by atoms with Crippen LogP contribution in [0.25, 0.3) is 10.6 Å². The van der Waals surface area contributed by atoms with Gasteiger partial charge in [0, 0.05) is 23.6 Å². The van der Waals surface area contributed by atoms with Crippen molar-refractivity contribution in [2.75, 3.05) is 14.2 Å². The largest absolute Gasteiger partial charge is 0.493 e. The fourth-order valence-corrected chi connectivity index (χ4v) is 4.30. The molecule has 0 aliphatic heterocycles. The molecule has 3 aromatic rings. The number of nitrogens with one attached hydrogen (secondary N) is 1. The highest BCUT2D eigenvalue weighted by atomic mass is 32.1. The van der Waals surface area contributed by atoms with Crippen LogP contribution in [0.5, 0.6) is 11.5 Å². The number of nitrogens with zero attached hydrogens (tertiary/aromatic N) is 1. The molecular weight excluding hydrogens is 368 g/mol. The van der Waals surface area contributed by atoms with E-state index in [1.807, 2.05) is 24.3 Å². The summed E-state index contributed by atoms with van der Waals surface area (Å²) in [7, 11) is 3.27. The zero-order valence-corrected chi connectivity index (χ0v) is 16.5. The lowest BCUT2D eigenvalue weighted by Crippen LogP contribution is -2.17. The van der Waals surface area contributed by atoms with Crippen LogP contribution in [0.15, 0.2) is 35.7 Å². The maximum atomic E-state index is 11.0. The van der Waals surface area contributed by atoms with E-state index in [0.29, 0.717) is 6.54 Å². The molecule has 3 rings (SSSR count). The van der Waals surface area contributed by atoms with Gasteiger partial charge in [0.05, 0.1) is 36.3 Å². The van der Waals surface area contributed by atoms with E-state index in [4.69, 9.17) is 14.5 Å². The van der Waals surface area contributed by atoms with E-state index < -0.39 is 0 Å². The standard InChI is InChI=1S/C19H20N2O3S2/c1-12(22)20-10-14-5-7-18(26-14)15-11-25-19(21-15)9-13-4-6-16(23-2)17(8-13)24-3/h4-8,11H,9-10H2,1-3H3,(H,20,22). The van der Waals surface area contributed by atoms with Crippen LogP contribution in [0.2, 0.25) is 0 Å². The summed E-state index contributed by atoms with van der Waals surface area (Å²) in [5, 5.41) is 5.94.